The van der Waals surface area contributed by atoms with Gasteiger partial charge in [0.25, 0.3) is 0 Å². The van der Waals surface area contributed by atoms with Gasteiger partial charge >= 0.3 is 0 Å². The van der Waals surface area contributed by atoms with Gasteiger partial charge in [-0.05, 0) is 30.9 Å². The Morgan fingerprint density at radius 3 is 2.89 bits per heavy atom. The minimum absolute atomic E-state index is 0.0140. The predicted molar refractivity (Wildman–Crippen MR) is 70.8 cm³/mol. The van der Waals surface area contributed by atoms with Gasteiger partial charge in [0.15, 0.2) is 0 Å². The second kappa shape index (κ2) is 5.03. The maximum absolute atomic E-state index is 12.1. The van der Waals surface area contributed by atoms with E-state index in [2.05, 4.69) is 17.0 Å². The van der Waals surface area contributed by atoms with E-state index in [0.29, 0.717) is 11.4 Å². The highest BCUT2D eigenvalue weighted by Gasteiger charge is 2.28. The number of aromatic nitrogens is 1. The molecular formula is C12H21N3O2S. The van der Waals surface area contributed by atoms with Crippen LogP contribution in [-0.2, 0) is 17.1 Å². The van der Waals surface area contributed by atoms with Crippen molar-refractivity contribution < 1.29 is 8.42 Å². The molecule has 1 saturated heterocycles. The van der Waals surface area contributed by atoms with Gasteiger partial charge in [-0.25, -0.2) is 13.1 Å². The lowest BCUT2D eigenvalue weighted by atomic mass is 9.83. The SMILES string of the molecule is Cn1ccc(S(=O)(=O)NCC2(C)CCCNC2)c1. The molecule has 18 heavy (non-hydrogen) atoms. The van der Waals surface area contributed by atoms with E-state index in [1.807, 2.05) is 7.05 Å². The molecule has 102 valence electrons. The van der Waals surface area contributed by atoms with Crippen molar-refractivity contribution in [2.45, 2.75) is 24.7 Å². The first-order chi connectivity index (χ1) is 8.41. The van der Waals surface area contributed by atoms with E-state index in [9.17, 15) is 8.42 Å². The van der Waals surface area contributed by atoms with Crippen LogP contribution in [0.25, 0.3) is 0 Å². The number of hydrogen-bond donors (Lipinski definition) is 2. The summed E-state index contributed by atoms with van der Waals surface area (Å²) in [6.45, 7) is 4.50. The lowest BCUT2D eigenvalue weighted by Gasteiger charge is -2.34. The zero-order valence-electron chi connectivity index (χ0n) is 10.9. The van der Waals surface area contributed by atoms with E-state index < -0.39 is 10.0 Å². The highest BCUT2D eigenvalue weighted by Crippen LogP contribution is 2.24. The van der Waals surface area contributed by atoms with Gasteiger partial charge in [-0.15, -0.1) is 0 Å². The molecule has 0 bridgehead atoms. The zero-order chi connectivity index (χ0) is 13.2. The summed E-state index contributed by atoms with van der Waals surface area (Å²) in [4.78, 5) is 0.331. The number of nitrogens with one attached hydrogen (secondary N) is 2. The van der Waals surface area contributed by atoms with Gasteiger partial charge in [0.2, 0.25) is 10.0 Å². The summed E-state index contributed by atoms with van der Waals surface area (Å²) in [5.41, 5.74) is 0.0140. The first kappa shape index (κ1) is 13.6. The monoisotopic (exact) mass is 271 g/mol. The Hall–Kier alpha value is -0.850. The summed E-state index contributed by atoms with van der Waals surface area (Å²) in [6, 6.07) is 1.61. The molecule has 6 heteroatoms. The van der Waals surface area contributed by atoms with Crippen molar-refractivity contribution in [1.82, 2.24) is 14.6 Å². The highest BCUT2D eigenvalue weighted by molar-refractivity contribution is 7.89. The Morgan fingerprint density at radius 1 is 1.56 bits per heavy atom. The number of rotatable bonds is 4. The van der Waals surface area contributed by atoms with Crippen molar-refractivity contribution >= 4 is 10.0 Å². The van der Waals surface area contributed by atoms with Crippen molar-refractivity contribution in [3.63, 3.8) is 0 Å². The molecular weight excluding hydrogens is 250 g/mol. The summed E-state index contributed by atoms with van der Waals surface area (Å²) in [7, 11) is -1.56. The summed E-state index contributed by atoms with van der Waals surface area (Å²) in [5, 5.41) is 3.32. The van der Waals surface area contributed by atoms with E-state index in [-0.39, 0.29) is 5.41 Å². The fourth-order valence-electron chi connectivity index (χ4n) is 2.26. The van der Waals surface area contributed by atoms with Crippen LogP contribution in [0, 0.1) is 5.41 Å². The number of sulfonamides is 1. The summed E-state index contributed by atoms with van der Waals surface area (Å²) < 4.78 is 28.6. The zero-order valence-corrected chi connectivity index (χ0v) is 11.8. The molecule has 0 amide bonds. The average molecular weight is 271 g/mol. The second-order valence-electron chi connectivity index (χ2n) is 5.43. The van der Waals surface area contributed by atoms with Crippen molar-refractivity contribution in [1.29, 1.82) is 0 Å². The maximum Gasteiger partial charge on any atom is 0.242 e. The van der Waals surface area contributed by atoms with Crippen LogP contribution in [-0.4, -0.2) is 32.6 Å². The molecule has 1 unspecified atom stereocenters. The Morgan fingerprint density at radius 2 is 2.33 bits per heavy atom. The van der Waals surface area contributed by atoms with Crippen molar-refractivity contribution in [2.75, 3.05) is 19.6 Å². The molecule has 1 fully saturated rings. The number of nitrogens with zero attached hydrogens (tertiary/aromatic N) is 1. The van der Waals surface area contributed by atoms with Crippen LogP contribution in [0.5, 0.6) is 0 Å². The van der Waals surface area contributed by atoms with Gasteiger partial charge in [-0.1, -0.05) is 6.92 Å². The molecule has 1 atom stereocenters. The summed E-state index contributed by atoms with van der Waals surface area (Å²) in [6.07, 6.45) is 5.50. The molecule has 0 aromatic carbocycles. The van der Waals surface area contributed by atoms with Gasteiger partial charge in [-0.2, -0.15) is 0 Å². The van der Waals surface area contributed by atoms with Crippen molar-refractivity contribution in [2.24, 2.45) is 12.5 Å². The van der Waals surface area contributed by atoms with Crippen LogP contribution in [0.2, 0.25) is 0 Å². The van der Waals surface area contributed by atoms with Crippen LogP contribution in [0.3, 0.4) is 0 Å². The molecule has 1 aromatic rings. The lowest BCUT2D eigenvalue weighted by molar-refractivity contribution is 0.238. The molecule has 5 nitrogen and oxygen atoms in total. The molecule has 1 aromatic heterocycles. The molecule has 0 radical (unpaired) electrons. The van der Waals surface area contributed by atoms with Crippen LogP contribution < -0.4 is 10.0 Å². The fraction of sp³-hybridized carbons (Fsp3) is 0.667. The number of piperidine rings is 1. The Bertz CT molecular complexity index is 501. The topological polar surface area (TPSA) is 63.1 Å². The smallest absolute Gasteiger partial charge is 0.242 e. The molecule has 2 heterocycles. The Kier molecular flexibility index (Phi) is 3.79. The first-order valence-electron chi connectivity index (χ1n) is 6.24. The largest absolute Gasteiger partial charge is 0.356 e. The Labute approximate surface area is 109 Å². The van der Waals surface area contributed by atoms with Crippen molar-refractivity contribution in [3.05, 3.63) is 18.5 Å². The predicted octanol–water partition coefficient (Wildman–Crippen LogP) is 0.693. The third kappa shape index (κ3) is 3.13. The maximum atomic E-state index is 12.1. The van der Waals surface area contributed by atoms with E-state index in [1.165, 1.54) is 0 Å². The molecule has 0 spiro atoms. The molecule has 2 N–H and O–H groups in total. The van der Waals surface area contributed by atoms with Crippen LogP contribution in [0.15, 0.2) is 23.4 Å². The molecule has 1 aliphatic heterocycles. The fourth-order valence-corrected chi connectivity index (χ4v) is 3.51. The van der Waals surface area contributed by atoms with Gasteiger partial charge in [0.05, 0.1) is 4.90 Å². The third-order valence-corrected chi connectivity index (χ3v) is 4.88. The van der Waals surface area contributed by atoms with Crippen LogP contribution in [0.1, 0.15) is 19.8 Å². The van der Waals surface area contributed by atoms with Crippen molar-refractivity contribution in [3.8, 4) is 0 Å². The Balaban J connectivity index is 2.01. The average Bonchev–Trinajstić information content (AvgIpc) is 2.76. The van der Waals surface area contributed by atoms with Gasteiger partial charge in [-0.3, -0.25) is 0 Å². The second-order valence-corrected chi connectivity index (χ2v) is 7.20. The quantitative estimate of drug-likeness (QED) is 0.847. The van der Waals surface area contributed by atoms with Crippen LogP contribution in [0.4, 0.5) is 0 Å². The van der Waals surface area contributed by atoms with Crippen LogP contribution >= 0.6 is 0 Å². The molecule has 0 saturated carbocycles. The number of hydrogen-bond acceptors (Lipinski definition) is 3. The minimum Gasteiger partial charge on any atom is -0.356 e. The summed E-state index contributed by atoms with van der Waals surface area (Å²) in [5.74, 6) is 0. The molecule has 1 aliphatic rings. The molecule has 2 rings (SSSR count). The van der Waals surface area contributed by atoms with E-state index in [1.54, 1.807) is 23.0 Å². The minimum atomic E-state index is -3.38. The normalized spacial score (nSPS) is 25.2. The summed E-state index contributed by atoms with van der Waals surface area (Å²) >= 11 is 0. The van der Waals surface area contributed by atoms with Gasteiger partial charge in [0, 0.05) is 32.5 Å². The van der Waals surface area contributed by atoms with E-state index in [4.69, 9.17) is 0 Å². The molecule has 0 aliphatic carbocycles. The number of aryl methyl sites for hydroxylation is 1. The standard InChI is InChI=1S/C12H21N3O2S/c1-12(5-3-6-13-9-12)10-14-18(16,17)11-4-7-15(2)8-11/h4,7-8,13-14H,3,5-6,9-10H2,1-2H3. The first-order valence-corrected chi connectivity index (χ1v) is 7.72. The third-order valence-electron chi connectivity index (χ3n) is 3.49. The lowest BCUT2D eigenvalue weighted by Crippen LogP contribution is -2.45. The highest BCUT2D eigenvalue weighted by atomic mass is 32.2. The van der Waals surface area contributed by atoms with E-state index >= 15 is 0 Å². The van der Waals surface area contributed by atoms with E-state index in [0.717, 1.165) is 25.9 Å². The van der Waals surface area contributed by atoms with Gasteiger partial charge < -0.3 is 9.88 Å². The van der Waals surface area contributed by atoms with Gasteiger partial charge in [0.1, 0.15) is 0 Å².